The van der Waals surface area contributed by atoms with Crippen LogP contribution >= 0.6 is 15.9 Å². The molecule has 2 aromatic carbocycles. The van der Waals surface area contributed by atoms with Gasteiger partial charge in [-0.05, 0) is 36.4 Å². The van der Waals surface area contributed by atoms with Gasteiger partial charge in [0.2, 0.25) is 5.82 Å². The van der Waals surface area contributed by atoms with Gasteiger partial charge < -0.3 is 10.3 Å². The molecule has 21 heavy (non-hydrogen) atoms. The molecule has 1 aromatic heterocycles. The topological polar surface area (TPSA) is 64.9 Å². The lowest BCUT2D eigenvalue weighted by Gasteiger charge is -2.00. The second-order valence-corrected chi connectivity index (χ2v) is 5.13. The van der Waals surface area contributed by atoms with Gasteiger partial charge in [0.1, 0.15) is 11.6 Å². The predicted octanol–water partition coefficient (Wildman–Crippen LogP) is 4.03. The summed E-state index contributed by atoms with van der Waals surface area (Å²) in [6.07, 6.45) is 0. The minimum Gasteiger partial charge on any atom is -0.398 e. The first-order valence-electron chi connectivity index (χ1n) is 5.89. The fraction of sp³-hybridized carbons (Fsp3) is 0. The van der Waals surface area contributed by atoms with Crippen LogP contribution in [0.1, 0.15) is 0 Å². The molecule has 0 radical (unpaired) electrons. The Balaban J connectivity index is 2.06. The molecule has 0 saturated heterocycles. The van der Waals surface area contributed by atoms with Crippen molar-refractivity contribution < 1.29 is 13.3 Å². The van der Waals surface area contributed by atoms with Crippen LogP contribution in [-0.2, 0) is 0 Å². The Morgan fingerprint density at radius 2 is 1.71 bits per heavy atom. The molecule has 0 bridgehead atoms. The zero-order valence-corrected chi connectivity index (χ0v) is 12.1. The lowest BCUT2D eigenvalue weighted by molar-refractivity contribution is 0.432. The van der Waals surface area contributed by atoms with Crippen molar-refractivity contribution in [1.29, 1.82) is 0 Å². The Morgan fingerprint density at radius 3 is 2.48 bits per heavy atom. The average molecular weight is 352 g/mol. The van der Waals surface area contributed by atoms with E-state index >= 15 is 0 Å². The molecule has 0 unspecified atom stereocenters. The molecule has 0 aliphatic heterocycles. The van der Waals surface area contributed by atoms with Gasteiger partial charge in [-0.1, -0.05) is 21.1 Å². The minimum absolute atomic E-state index is 0.138. The summed E-state index contributed by atoms with van der Waals surface area (Å²) in [7, 11) is 0. The summed E-state index contributed by atoms with van der Waals surface area (Å²) < 4.78 is 32.1. The number of rotatable bonds is 2. The highest BCUT2D eigenvalue weighted by Crippen LogP contribution is 2.30. The highest BCUT2D eigenvalue weighted by molar-refractivity contribution is 9.10. The first-order valence-corrected chi connectivity index (χ1v) is 6.68. The van der Waals surface area contributed by atoms with Gasteiger partial charge in [-0.3, -0.25) is 0 Å². The zero-order valence-electron chi connectivity index (χ0n) is 10.5. The maximum absolute atomic E-state index is 13.3. The van der Waals surface area contributed by atoms with Crippen LogP contribution < -0.4 is 5.73 Å². The standard InChI is InChI=1S/C14H8BrF2N3O/c15-11-4-2-7(16)5-10(11)13-19-14(21-20-13)9-3-1-8(17)6-12(9)18/h1-6H,18H2. The minimum atomic E-state index is -0.455. The van der Waals surface area contributed by atoms with E-state index in [1.54, 1.807) is 6.07 Å². The van der Waals surface area contributed by atoms with Crippen LogP contribution in [0.25, 0.3) is 22.8 Å². The molecule has 4 nitrogen and oxygen atoms in total. The largest absolute Gasteiger partial charge is 0.398 e. The van der Waals surface area contributed by atoms with Crippen molar-refractivity contribution >= 4 is 21.6 Å². The summed E-state index contributed by atoms with van der Waals surface area (Å²) in [5, 5.41) is 3.80. The summed E-state index contributed by atoms with van der Waals surface area (Å²) >= 11 is 3.29. The van der Waals surface area contributed by atoms with Crippen molar-refractivity contribution in [2.75, 3.05) is 5.73 Å². The molecule has 106 valence electrons. The van der Waals surface area contributed by atoms with Gasteiger partial charge in [0.25, 0.3) is 5.89 Å². The quantitative estimate of drug-likeness (QED) is 0.708. The van der Waals surface area contributed by atoms with E-state index in [9.17, 15) is 8.78 Å². The molecule has 0 aliphatic carbocycles. The number of nitrogen functional groups attached to an aromatic ring is 1. The maximum atomic E-state index is 13.3. The van der Waals surface area contributed by atoms with E-state index in [0.29, 0.717) is 15.6 Å². The Morgan fingerprint density at radius 1 is 1.00 bits per heavy atom. The van der Waals surface area contributed by atoms with E-state index in [4.69, 9.17) is 10.3 Å². The van der Waals surface area contributed by atoms with Crippen molar-refractivity contribution in [3.63, 3.8) is 0 Å². The van der Waals surface area contributed by atoms with Crippen molar-refractivity contribution in [3.05, 3.63) is 52.5 Å². The third kappa shape index (κ3) is 2.64. The van der Waals surface area contributed by atoms with Gasteiger partial charge in [-0.25, -0.2) is 8.78 Å². The second-order valence-electron chi connectivity index (χ2n) is 4.28. The van der Waals surface area contributed by atoms with Gasteiger partial charge in [0.15, 0.2) is 0 Å². The van der Waals surface area contributed by atoms with E-state index < -0.39 is 11.6 Å². The molecule has 0 atom stereocenters. The monoisotopic (exact) mass is 351 g/mol. The third-order valence-corrected chi connectivity index (χ3v) is 3.53. The number of hydrogen-bond donors (Lipinski definition) is 1. The van der Waals surface area contributed by atoms with Crippen LogP contribution in [0.4, 0.5) is 14.5 Å². The van der Waals surface area contributed by atoms with Crippen LogP contribution in [0, 0.1) is 11.6 Å². The summed E-state index contributed by atoms with van der Waals surface area (Å²) in [5.74, 6) is -0.525. The molecule has 0 aliphatic rings. The number of nitrogens with zero attached hydrogens (tertiary/aromatic N) is 2. The predicted molar refractivity (Wildman–Crippen MR) is 77.2 cm³/mol. The summed E-state index contributed by atoms with van der Waals surface area (Å²) in [5.41, 5.74) is 6.77. The van der Waals surface area contributed by atoms with Crippen LogP contribution in [-0.4, -0.2) is 10.1 Å². The summed E-state index contributed by atoms with van der Waals surface area (Å²) in [6.45, 7) is 0. The second kappa shape index (κ2) is 5.25. The molecular formula is C14H8BrF2N3O. The van der Waals surface area contributed by atoms with Gasteiger partial charge >= 0.3 is 0 Å². The van der Waals surface area contributed by atoms with Gasteiger partial charge in [0.05, 0.1) is 5.56 Å². The molecule has 7 heteroatoms. The van der Waals surface area contributed by atoms with E-state index in [2.05, 4.69) is 26.1 Å². The average Bonchev–Trinajstić information content (AvgIpc) is 2.91. The first kappa shape index (κ1) is 13.7. The summed E-state index contributed by atoms with van der Waals surface area (Å²) in [4.78, 5) is 4.17. The highest BCUT2D eigenvalue weighted by atomic mass is 79.9. The molecule has 0 amide bonds. The van der Waals surface area contributed by atoms with Gasteiger partial charge in [0, 0.05) is 15.7 Å². The van der Waals surface area contributed by atoms with Gasteiger partial charge in [-0.2, -0.15) is 4.98 Å². The van der Waals surface area contributed by atoms with Crippen LogP contribution in [0.5, 0.6) is 0 Å². The third-order valence-electron chi connectivity index (χ3n) is 2.84. The molecule has 1 heterocycles. The zero-order chi connectivity index (χ0) is 15.0. The SMILES string of the molecule is Nc1cc(F)ccc1-c1nc(-c2cc(F)ccc2Br)no1. The maximum Gasteiger partial charge on any atom is 0.260 e. The normalized spacial score (nSPS) is 10.8. The van der Waals surface area contributed by atoms with Gasteiger partial charge in [-0.15, -0.1) is 0 Å². The number of hydrogen-bond acceptors (Lipinski definition) is 4. The lowest BCUT2D eigenvalue weighted by atomic mass is 10.1. The fourth-order valence-corrected chi connectivity index (χ4v) is 2.26. The van der Waals surface area contributed by atoms with Crippen molar-refractivity contribution in [3.8, 4) is 22.8 Å². The van der Waals surface area contributed by atoms with E-state index in [0.717, 1.165) is 6.07 Å². The molecule has 0 saturated carbocycles. The number of nitrogens with two attached hydrogens (primary N) is 1. The molecule has 0 spiro atoms. The first-order chi connectivity index (χ1) is 10.0. The lowest BCUT2D eigenvalue weighted by Crippen LogP contribution is -1.91. The Labute approximate surface area is 126 Å². The van der Waals surface area contributed by atoms with Crippen molar-refractivity contribution in [2.24, 2.45) is 0 Å². The highest BCUT2D eigenvalue weighted by Gasteiger charge is 2.15. The van der Waals surface area contributed by atoms with Crippen LogP contribution in [0.15, 0.2) is 45.4 Å². The molecule has 3 rings (SSSR count). The molecular weight excluding hydrogens is 344 g/mol. The van der Waals surface area contributed by atoms with Crippen LogP contribution in [0.3, 0.4) is 0 Å². The number of halogens is 3. The summed E-state index contributed by atoms with van der Waals surface area (Å²) in [6, 6.07) is 8.00. The molecule has 2 N–H and O–H groups in total. The van der Waals surface area contributed by atoms with E-state index in [-0.39, 0.29) is 17.4 Å². The number of anilines is 1. The number of aromatic nitrogens is 2. The Hall–Kier alpha value is -2.28. The van der Waals surface area contributed by atoms with Crippen molar-refractivity contribution in [1.82, 2.24) is 10.1 Å². The number of benzene rings is 2. The molecule has 0 fully saturated rings. The van der Waals surface area contributed by atoms with E-state index in [1.165, 1.54) is 24.3 Å². The smallest absolute Gasteiger partial charge is 0.260 e. The van der Waals surface area contributed by atoms with Crippen molar-refractivity contribution in [2.45, 2.75) is 0 Å². The van der Waals surface area contributed by atoms with E-state index in [1.807, 2.05) is 0 Å². The Kier molecular flexibility index (Phi) is 3.42. The Bertz CT molecular complexity index is 820. The fourth-order valence-electron chi connectivity index (χ4n) is 1.84. The van der Waals surface area contributed by atoms with Crippen LogP contribution in [0.2, 0.25) is 0 Å². The molecule has 3 aromatic rings.